The van der Waals surface area contributed by atoms with Crippen molar-refractivity contribution >= 4 is 11.6 Å². The molecule has 2 N–H and O–H groups in total. The van der Waals surface area contributed by atoms with Gasteiger partial charge in [0.2, 0.25) is 0 Å². The maximum absolute atomic E-state index is 6.42. The van der Waals surface area contributed by atoms with E-state index in [1.54, 1.807) is 0 Å². The Morgan fingerprint density at radius 1 is 1.10 bits per heavy atom. The Labute approximate surface area is 125 Å². The van der Waals surface area contributed by atoms with Crippen LogP contribution in [0.15, 0.2) is 42.5 Å². The summed E-state index contributed by atoms with van der Waals surface area (Å²) in [5.74, 6) is 0.739. The van der Waals surface area contributed by atoms with Crippen molar-refractivity contribution in [3.63, 3.8) is 0 Å². The van der Waals surface area contributed by atoms with Crippen LogP contribution >= 0.6 is 11.6 Å². The van der Waals surface area contributed by atoms with Crippen LogP contribution in [-0.4, -0.2) is 0 Å². The fourth-order valence-electron chi connectivity index (χ4n) is 2.88. The third kappa shape index (κ3) is 2.74. The van der Waals surface area contributed by atoms with Crippen LogP contribution in [0.2, 0.25) is 5.02 Å². The van der Waals surface area contributed by atoms with Crippen molar-refractivity contribution in [3.05, 3.63) is 69.7 Å². The number of nitrogens with two attached hydrogens (primary N) is 1. The number of hydrogen-bond acceptors (Lipinski definition) is 1. The second-order valence-electron chi connectivity index (χ2n) is 5.84. The van der Waals surface area contributed by atoms with Crippen LogP contribution in [0.4, 0.5) is 0 Å². The van der Waals surface area contributed by atoms with Gasteiger partial charge in [-0.05, 0) is 60.1 Å². The first-order valence-corrected chi connectivity index (χ1v) is 7.64. The third-order valence-electron chi connectivity index (χ3n) is 4.27. The minimum Gasteiger partial charge on any atom is -0.320 e. The Bertz CT molecular complexity index is 596. The lowest BCUT2D eigenvalue weighted by Gasteiger charge is -2.26. The van der Waals surface area contributed by atoms with Gasteiger partial charge in [0.25, 0.3) is 0 Å². The molecule has 0 radical (unpaired) electrons. The molecule has 2 heteroatoms. The van der Waals surface area contributed by atoms with Gasteiger partial charge in [0, 0.05) is 5.02 Å². The van der Waals surface area contributed by atoms with E-state index in [4.69, 9.17) is 17.3 Å². The van der Waals surface area contributed by atoms with Crippen molar-refractivity contribution in [1.82, 2.24) is 0 Å². The molecule has 2 aromatic carbocycles. The van der Waals surface area contributed by atoms with Crippen molar-refractivity contribution in [2.24, 2.45) is 5.73 Å². The summed E-state index contributed by atoms with van der Waals surface area (Å²) >= 11 is 6.14. The maximum atomic E-state index is 6.42. The number of rotatable bonds is 3. The molecule has 2 aromatic rings. The second kappa shape index (κ2) is 5.59. The lowest BCUT2D eigenvalue weighted by molar-refractivity contribution is 0.419. The SMILES string of the molecule is Cc1cc(Cl)cc(C(N)c2cccc(C3CCC3)c2)c1. The van der Waals surface area contributed by atoms with Gasteiger partial charge < -0.3 is 5.73 Å². The van der Waals surface area contributed by atoms with E-state index in [2.05, 4.69) is 30.3 Å². The zero-order chi connectivity index (χ0) is 14.1. The average Bonchev–Trinajstić information content (AvgIpc) is 2.35. The van der Waals surface area contributed by atoms with E-state index < -0.39 is 0 Å². The Morgan fingerprint density at radius 2 is 1.90 bits per heavy atom. The summed E-state index contributed by atoms with van der Waals surface area (Å²) in [6.45, 7) is 2.05. The van der Waals surface area contributed by atoms with Crippen molar-refractivity contribution in [3.8, 4) is 0 Å². The molecular weight excluding hydrogens is 266 g/mol. The zero-order valence-corrected chi connectivity index (χ0v) is 12.5. The van der Waals surface area contributed by atoms with Gasteiger partial charge in [0.05, 0.1) is 6.04 Å². The van der Waals surface area contributed by atoms with Crippen molar-refractivity contribution in [1.29, 1.82) is 0 Å². The molecule has 3 rings (SSSR count). The third-order valence-corrected chi connectivity index (χ3v) is 4.49. The van der Waals surface area contributed by atoms with E-state index in [0.29, 0.717) is 0 Å². The van der Waals surface area contributed by atoms with Gasteiger partial charge in [-0.1, -0.05) is 48.4 Å². The van der Waals surface area contributed by atoms with E-state index in [9.17, 15) is 0 Å². The van der Waals surface area contributed by atoms with Gasteiger partial charge in [-0.3, -0.25) is 0 Å². The molecule has 1 nitrogen and oxygen atoms in total. The van der Waals surface area contributed by atoms with Crippen molar-refractivity contribution in [2.45, 2.75) is 38.1 Å². The number of benzene rings is 2. The van der Waals surface area contributed by atoms with Crippen LogP contribution in [0.3, 0.4) is 0 Å². The summed E-state index contributed by atoms with van der Waals surface area (Å²) in [7, 11) is 0. The summed E-state index contributed by atoms with van der Waals surface area (Å²) < 4.78 is 0. The summed E-state index contributed by atoms with van der Waals surface area (Å²) in [6.07, 6.45) is 3.98. The predicted octanol–water partition coefficient (Wildman–Crippen LogP) is 4.96. The van der Waals surface area contributed by atoms with Gasteiger partial charge in [-0.2, -0.15) is 0 Å². The summed E-state index contributed by atoms with van der Waals surface area (Å²) in [5, 5.41) is 0.755. The molecule has 0 spiro atoms. The fraction of sp³-hybridized carbons (Fsp3) is 0.333. The van der Waals surface area contributed by atoms with Crippen LogP contribution in [0.1, 0.15) is 53.5 Å². The monoisotopic (exact) mass is 285 g/mol. The Morgan fingerprint density at radius 3 is 2.55 bits per heavy atom. The van der Waals surface area contributed by atoms with Crippen LogP contribution in [0.5, 0.6) is 0 Å². The lowest BCUT2D eigenvalue weighted by Crippen LogP contribution is -2.14. The van der Waals surface area contributed by atoms with Gasteiger partial charge >= 0.3 is 0 Å². The van der Waals surface area contributed by atoms with E-state index in [0.717, 1.165) is 22.1 Å². The highest BCUT2D eigenvalue weighted by molar-refractivity contribution is 6.30. The molecule has 1 atom stereocenters. The summed E-state index contributed by atoms with van der Waals surface area (Å²) in [6, 6.07) is 14.7. The normalized spacial score (nSPS) is 16.8. The molecule has 0 aliphatic heterocycles. The van der Waals surface area contributed by atoms with E-state index in [1.165, 1.54) is 30.4 Å². The molecule has 104 valence electrons. The molecule has 0 bridgehead atoms. The van der Waals surface area contributed by atoms with Gasteiger partial charge in [-0.25, -0.2) is 0 Å². The van der Waals surface area contributed by atoms with Gasteiger partial charge in [-0.15, -0.1) is 0 Å². The number of aryl methyl sites for hydroxylation is 1. The van der Waals surface area contributed by atoms with Crippen molar-refractivity contribution < 1.29 is 0 Å². The highest BCUT2D eigenvalue weighted by atomic mass is 35.5. The molecular formula is C18H20ClN. The van der Waals surface area contributed by atoms with E-state index in [-0.39, 0.29) is 6.04 Å². The molecule has 0 saturated heterocycles. The number of hydrogen-bond donors (Lipinski definition) is 1. The molecule has 1 aliphatic carbocycles. The zero-order valence-electron chi connectivity index (χ0n) is 11.8. The first-order chi connectivity index (χ1) is 9.63. The molecule has 1 aliphatic rings. The lowest BCUT2D eigenvalue weighted by atomic mass is 9.79. The molecule has 0 heterocycles. The number of halogens is 1. The van der Waals surface area contributed by atoms with Gasteiger partial charge in [0.1, 0.15) is 0 Å². The van der Waals surface area contributed by atoms with E-state index in [1.807, 2.05) is 19.1 Å². The molecule has 20 heavy (non-hydrogen) atoms. The average molecular weight is 286 g/mol. The van der Waals surface area contributed by atoms with Crippen LogP contribution in [0.25, 0.3) is 0 Å². The van der Waals surface area contributed by atoms with Crippen LogP contribution in [-0.2, 0) is 0 Å². The van der Waals surface area contributed by atoms with Crippen LogP contribution in [0, 0.1) is 6.92 Å². The summed E-state index contributed by atoms with van der Waals surface area (Å²) in [5.41, 5.74) is 11.3. The first-order valence-electron chi connectivity index (χ1n) is 7.26. The highest BCUT2D eigenvalue weighted by Gasteiger charge is 2.20. The first kappa shape index (κ1) is 13.7. The second-order valence-corrected chi connectivity index (χ2v) is 6.27. The smallest absolute Gasteiger partial charge is 0.0552 e. The molecule has 1 unspecified atom stereocenters. The standard InChI is InChI=1S/C18H20ClN/c1-12-8-16(11-17(19)9-12)18(20)15-7-3-6-14(10-15)13-4-2-5-13/h3,6-11,13,18H,2,4-5,20H2,1H3. The largest absolute Gasteiger partial charge is 0.320 e. The molecule has 1 fully saturated rings. The molecule has 1 saturated carbocycles. The minimum atomic E-state index is -0.104. The molecule has 0 amide bonds. The van der Waals surface area contributed by atoms with Crippen LogP contribution < -0.4 is 5.73 Å². The van der Waals surface area contributed by atoms with E-state index >= 15 is 0 Å². The quantitative estimate of drug-likeness (QED) is 0.847. The fourth-order valence-corrected chi connectivity index (χ4v) is 3.18. The maximum Gasteiger partial charge on any atom is 0.0552 e. The molecule has 0 aromatic heterocycles. The Hall–Kier alpha value is -1.31. The Kier molecular flexibility index (Phi) is 3.82. The van der Waals surface area contributed by atoms with Gasteiger partial charge in [0.15, 0.2) is 0 Å². The predicted molar refractivity (Wildman–Crippen MR) is 85.3 cm³/mol. The minimum absolute atomic E-state index is 0.104. The topological polar surface area (TPSA) is 26.0 Å². The van der Waals surface area contributed by atoms with Crippen molar-refractivity contribution in [2.75, 3.05) is 0 Å². The Balaban J connectivity index is 1.91. The summed E-state index contributed by atoms with van der Waals surface area (Å²) in [4.78, 5) is 0. The highest BCUT2D eigenvalue weighted by Crippen LogP contribution is 2.37.